The van der Waals surface area contributed by atoms with Gasteiger partial charge >= 0.3 is 17.9 Å². The van der Waals surface area contributed by atoms with Crippen molar-refractivity contribution in [2.24, 2.45) is 5.92 Å². The standard InChI is InChI=1S/C36H50O8/c1-35(2,3)43-33(39)28-18-21-31(22-19-28)41-24-14-9-7-8-13-17-30(37)25-29(34(40)44-36(4,5)6)20-23-32(38)42-26-27-15-11-10-12-16-27/h10-12,15-16,18-19,21-22,29H,7-9,13-14,17,20,23-26H2,1-6H3. The average Bonchev–Trinajstić information content (AvgIpc) is 2.94. The van der Waals surface area contributed by atoms with E-state index in [1.165, 1.54) is 0 Å². The lowest BCUT2D eigenvalue weighted by Crippen LogP contribution is -2.30. The molecule has 0 heterocycles. The summed E-state index contributed by atoms with van der Waals surface area (Å²) in [6, 6.07) is 16.3. The highest BCUT2D eigenvalue weighted by molar-refractivity contribution is 5.89. The van der Waals surface area contributed by atoms with E-state index >= 15 is 0 Å². The Hall–Kier alpha value is -3.68. The first-order chi connectivity index (χ1) is 20.7. The first-order valence-corrected chi connectivity index (χ1v) is 15.6. The molecule has 0 fully saturated rings. The van der Waals surface area contributed by atoms with Gasteiger partial charge in [-0.2, -0.15) is 0 Å². The Balaban J connectivity index is 1.66. The molecular formula is C36H50O8. The molecule has 0 aromatic heterocycles. The van der Waals surface area contributed by atoms with E-state index in [1.807, 2.05) is 51.1 Å². The second kappa shape index (κ2) is 18.2. The topological polar surface area (TPSA) is 105 Å². The van der Waals surface area contributed by atoms with Crippen LogP contribution in [-0.2, 0) is 35.2 Å². The molecule has 8 nitrogen and oxygen atoms in total. The van der Waals surface area contributed by atoms with E-state index in [-0.39, 0.29) is 37.6 Å². The third kappa shape index (κ3) is 16.2. The maximum absolute atomic E-state index is 12.8. The van der Waals surface area contributed by atoms with Gasteiger partial charge in [-0.05, 0) is 90.6 Å². The number of rotatable bonds is 18. The fraction of sp³-hybridized carbons (Fsp3) is 0.556. The van der Waals surface area contributed by atoms with E-state index in [0.29, 0.717) is 24.3 Å². The van der Waals surface area contributed by atoms with E-state index in [0.717, 1.165) is 37.7 Å². The number of carbonyl (C=O) groups excluding carboxylic acids is 4. The maximum atomic E-state index is 12.8. The smallest absolute Gasteiger partial charge is 0.338 e. The monoisotopic (exact) mass is 610 g/mol. The Morgan fingerprint density at radius 1 is 0.705 bits per heavy atom. The summed E-state index contributed by atoms with van der Waals surface area (Å²) in [4.78, 5) is 50.0. The van der Waals surface area contributed by atoms with Crippen LogP contribution in [0.4, 0.5) is 0 Å². The van der Waals surface area contributed by atoms with Crippen LogP contribution in [-0.4, -0.2) is 41.5 Å². The molecule has 0 N–H and O–H groups in total. The third-order valence-corrected chi connectivity index (χ3v) is 6.51. The van der Waals surface area contributed by atoms with Crippen molar-refractivity contribution in [1.29, 1.82) is 0 Å². The highest BCUT2D eigenvalue weighted by atomic mass is 16.6. The lowest BCUT2D eigenvalue weighted by Gasteiger charge is -2.23. The average molecular weight is 611 g/mol. The van der Waals surface area contributed by atoms with Gasteiger partial charge in [0.1, 0.15) is 29.3 Å². The second-order valence-corrected chi connectivity index (χ2v) is 13.1. The van der Waals surface area contributed by atoms with E-state index in [2.05, 4.69) is 0 Å². The number of unbranched alkanes of at least 4 members (excludes halogenated alkanes) is 4. The molecule has 0 aliphatic rings. The summed E-state index contributed by atoms with van der Waals surface area (Å²) in [6.45, 7) is 11.6. The molecule has 0 spiro atoms. The first-order valence-electron chi connectivity index (χ1n) is 15.6. The van der Waals surface area contributed by atoms with Gasteiger partial charge in [0.25, 0.3) is 0 Å². The number of benzene rings is 2. The zero-order valence-corrected chi connectivity index (χ0v) is 27.3. The number of Topliss-reactive ketones (excluding diaryl/α,β-unsaturated/α-hetero) is 1. The summed E-state index contributed by atoms with van der Waals surface area (Å²) in [5, 5.41) is 0. The predicted molar refractivity (Wildman–Crippen MR) is 169 cm³/mol. The summed E-state index contributed by atoms with van der Waals surface area (Å²) in [5.74, 6) is -1.20. The molecule has 2 rings (SSSR count). The molecule has 0 amide bonds. The van der Waals surface area contributed by atoms with Crippen LogP contribution in [0.3, 0.4) is 0 Å². The van der Waals surface area contributed by atoms with Gasteiger partial charge in [-0.1, -0.05) is 49.6 Å². The molecule has 8 heteroatoms. The molecule has 1 unspecified atom stereocenters. The number of esters is 3. The van der Waals surface area contributed by atoms with Crippen LogP contribution in [0.5, 0.6) is 5.75 Å². The zero-order chi connectivity index (χ0) is 32.6. The Morgan fingerprint density at radius 3 is 1.95 bits per heavy atom. The molecule has 0 radical (unpaired) electrons. The SMILES string of the molecule is CC(C)(C)OC(=O)c1ccc(OCCCCCCCC(=O)CC(CCC(=O)OCc2ccccc2)C(=O)OC(C)(C)C)cc1. The molecule has 1 atom stereocenters. The van der Waals surface area contributed by atoms with Gasteiger partial charge in [0.15, 0.2) is 0 Å². The minimum atomic E-state index is -0.681. The molecule has 0 aliphatic carbocycles. The minimum absolute atomic E-state index is 0.00308. The number of hydrogen-bond acceptors (Lipinski definition) is 8. The number of ether oxygens (including phenoxy) is 4. The van der Waals surface area contributed by atoms with Crippen LogP contribution in [0.1, 0.15) is 115 Å². The summed E-state index contributed by atoms with van der Waals surface area (Å²) in [5.41, 5.74) is 0.154. The summed E-state index contributed by atoms with van der Waals surface area (Å²) in [6.07, 6.45) is 5.15. The third-order valence-electron chi connectivity index (χ3n) is 6.51. The van der Waals surface area contributed by atoms with E-state index in [4.69, 9.17) is 18.9 Å². The summed E-state index contributed by atoms with van der Waals surface area (Å²) < 4.78 is 22.0. The molecule has 0 aliphatic heterocycles. The van der Waals surface area contributed by atoms with Gasteiger partial charge in [-0.3, -0.25) is 14.4 Å². The summed E-state index contributed by atoms with van der Waals surface area (Å²) in [7, 11) is 0. The molecule has 44 heavy (non-hydrogen) atoms. The predicted octanol–water partition coefficient (Wildman–Crippen LogP) is 7.80. The quantitative estimate of drug-likeness (QED) is 0.0956. The van der Waals surface area contributed by atoms with Gasteiger partial charge in [0.05, 0.1) is 18.1 Å². The molecular weight excluding hydrogens is 560 g/mol. The maximum Gasteiger partial charge on any atom is 0.338 e. The molecule has 0 saturated carbocycles. The van der Waals surface area contributed by atoms with Crippen LogP contribution < -0.4 is 4.74 Å². The normalized spacial score (nSPS) is 12.2. The Kier molecular flexibility index (Phi) is 15.1. The van der Waals surface area contributed by atoms with Crippen LogP contribution in [0.15, 0.2) is 54.6 Å². The lowest BCUT2D eigenvalue weighted by atomic mass is 9.94. The Labute approximate surface area is 262 Å². The van der Waals surface area contributed by atoms with Crippen LogP contribution in [0.25, 0.3) is 0 Å². The molecule has 2 aromatic rings. The van der Waals surface area contributed by atoms with Crippen molar-refractivity contribution >= 4 is 23.7 Å². The van der Waals surface area contributed by atoms with Crippen molar-refractivity contribution in [1.82, 2.24) is 0 Å². The Bertz CT molecular complexity index is 1170. The van der Waals surface area contributed by atoms with Gasteiger partial charge in [-0.25, -0.2) is 4.79 Å². The Morgan fingerprint density at radius 2 is 1.32 bits per heavy atom. The fourth-order valence-corrected chi connectivity index (χ4v) is 4.34. The molecule has 0 saturated heterocycles. The number of hydrogen-bond donors (Lipinski definition) is 0. The van der Waals surface area contributed by atoms with Crippen LogP contribution in [0, 0.1) is 5.92 Å². The first kappa shape index (κ1) is 36.5. The van der Waals surface area contributed by atoms with Crippen molar-refractivity contribution in [3.05, 3.63) is 65.7 Å². The van der Waals surface area contributed by atoms with Gasteiger partial charge in [0, 0.05) is 19.3 Å². The van der Waals surface area contributed by atoms with Gasteiger partial charge < -0.3 is 18.9 Å². The van der Waals surface area contributed by atoms with Crippen molar-refractivity contribution < 1.29 is 38.1 Å². The number of ketones is 1. The molecule has 242 valence electrons. The van der Waals surface area contributed by atoms with Crippen LogP contribution in [0.2, 0.25) is 0 Å². The molecule has 0 bridgehead atoms. The van der Waals surface area contributed by atoms with Crippen molar-refractivity contribution in [3.63, 3.8) is 0 Å². The summed E-state index contributed by atoms with van der Waals surface area (Å²) >= 11 is 0. The second-order valence-electron chi connectivity index (χ2n) is 13.1. The van der Waals surface area contributed by atoms with E-state index < -0.39 is 29.1 Å². The highest BCUT2D eigenvalue weighted by Gasteiger charge is 2.28. The van der Waals surface area contributed by atoms with Crippen LogP contribution >= 0.6 is 0 Å². The largest absolute Gasteiger partial charge is 0.494 e. The van der Waals surface area contributed by atoms with Gasteiger partial charge in [0.2, 0.25) is 0 Å². The lowest BCUT2D eigenvalue weighted by molar-refractivity contribution is -0.161. The van der Waals surface area contributed by atoms with E-state index in [9.17, 15) is 19.2 Å². The highest BCUT2D eigenvalue weighted by Crippen LogP contribution is 2.21. The van der Waals surface area contributed by atoms with Crippen molar-refractivity contribution in [2.45, 2.75) is 117 Å². The number of carbonyl (C=O) groups is 4. The minimum Gasteiger partial charge on any atom is -0.494 e. The van der Waals surface area contributed by atoms with Crippen molar-refractivity contribution in [2.75, 3.05) is 6.61 Å². The fourth-order valence-electron chi connectivity index (χ4n) is 4.34. The zero-order valence-electron chi connectivity index (χ0n) is 27.3. The van der Waals surface area contributed by atoms with Crippen molar-refractivity contribution in [3.8, 4) is 5.75 Å². The molecule has 2 aromatic carbocycles. The van der Waals surface area contributed by atoms with E-state index in [1.54, 1.807) is 45.0 Å². The van der Waals surface area contributed by atoms with Gasteiger partial charge in [-0.15, -0.1) is 0 Å².